The van der Waals surface area contributed by atoms with Crippen molar-refractivity contribution in [3.63, 3.8) is 0 Å². The molecule has 2 aromatic rings. The minimum Gasteiger partial charge on any atom is -0.486 e. The average Bonchev–Trinajstić information content (AvgIpc) is 2.54. The molecule has 22 heavy (non-hydrogen) atoms. The predicted molar refractivity (Wildman–Crippen MR) is 76.3 cm³/mol. The van der Waals surface area contributed by atoms with Gasteiger partial charge in [-0.2, -0.15) is 0 Å². The van der Waals surface area contributed by atoms with Crippen LogP contribution in [0.2, 0.25) is 0 Å². The Kier molecular flexibility index (Phi) is 3.57. The number of pyridine rings is 1. The molecule has 1 aromatic heterocycles. The van der Waals surface area contributed by atoms with Crippen molar-refractivity contribution < 1.29 is 19.2 Å². The molecule has 0 saturated carbocycles. The van der Waals surface area contributed by atoms with Crippen LogP contribution in [0, 0.1) is 10.1 Å². The molecule has 0 spiro atoms. The van der Waals surface area contributed by atoms with Gasteiger partial charge in [-0.3, -0.25) is 19.9 Å². The number of amides is 1. The van der Waals surface area contributed by atoms with E-state index in [0.29, 0.717) is 24.5 Å². The molecule has 1 aliphatic heterocycles. The maximum atomic E-state index is 12.1. The van der Waals surface area contributed by atoms with Crippen LogP contribution in [0.1, 0.15) is 10.4 Å². The first-order valence-corrected chi connectivity index (χ1v) is 6.44. The second-order valence-electron chi connectivity index (χ2n) is 4.47. The molecule has 1 N–H and O–H groups in total. The molecule has 0 radical (unpaired) electrons. The van der Waals surface area contributed by atoms with Crippen LogP contribution >= 0.6 is 0 Å². The number of aromatic nitrogens is 1. The maximum absolute atomic E-state index is 12.1. The van der Waals surface area contributed by atoms with E-state index < -0.39 is 10.8 Å². The van der Waals surface area contributed by atoms with Crippen LogP contribution in [-0.2, 0) is 0 Å². The molecule has 0 bridgehead atoms. The highest BCUT2D eigenvalue weighted by atomic mass is 16.6. The van der Waals surface area contributed by atoms with Gasteiger partial charge < -0.3 is 14.8 Å². The lowest BCUT2D eigenvalue weighted by atomic mass is 10.2. The third kappa shape index (κ3) is 2.66. The van der Waals surface area contributed by atoms with Crippen molar-refractivity contribution in [3.8, 4) is 11.5 Å². The quantitative estimate of drug-likeness (QED) is 0.687. The highest BCUT2D eigenvalue weighted by Gasteiger charge is 2.23. The van der Waals surface area contributed by atoms with Crippen molar-refractivity contribution in [2.75, 3.05) is 18.5 Å². The third-order valence-corrected chi connectivity index (χ3v) is 3.03. The van der Waals surface area contributed by atoms with Crippen molar-refractivity contribution in [1.29, 1.82) is 0 Å². The van der Waals surface area contributed by atoms with Crippen LogP contribution in [-0.4, -0.2) is 29.0 Å². The average molecular weight is 301 g/mol. The van der Waals surface area contributed by atoms with Gasteiger partial charge in [0.1, 0.15) is 18.9 Å². The number of nitrogens with one attached hydrogen (secondary N) is 1. The van der Waals surface area contributed by atoms with Crippen molar-refractivity contribution in [2.45, 2.75) is 0 Å². The van der Waals surface area contributed by atoms with Gasteiger partial charge in [0.2, 0.25) is 0 Å². The molecule has 0 fully saturated rings. The molecule has 0 atom stereocenters. The Labute approximate surface area is 124 Å². The number of anilines is 1. The standard InChI is InChI=1S/C14H11N3O5/c18-14(9-2-1-3-15-8-9)16-10-6-12-13(22-5-4-21-12)7-11(10)17(19)20/h1-3,6-8H,4-5H2,(H,16,18). The topological polar surface area (TPSA) is 104 Å². The summed E-state index contributed by atoms with van der Waals surface area (Å²) in [5.41, 5.74) is 0.0799. The molecular formula is C14H11N3O5. The molecule has 8 nitrogen and oxygen atoms in total. The van der Waals surface area contributed by atoms with Gasteiger partial charge in [-0.25, -0.2) is 0 Å². The number of hydrogen-bond acceptors (Lipinski definition) is 6. The number of nitro groups is 1. The second kappa shape index (κ2) is 5.68. The number of fused-ring (bicyclic) bond motifs is 1. The van der Waals surface area contributed by atoms with Gasteiger partial charge >= 0.3 is 0 Å². The zero-order valence-corrected chi connectivity index (χ0v) is 11.3. The third-order valence-electron chi connectivity index (χ3n) is 3.03. The Balaban J connectivity index is 1.95. The molecule has 8 heteroatoms. The number of carbonyl (C=O) groups excluding carboxylic acids is 1. The molecule has 0 saturated heterocycles. The minimum atomic E-state index is -0.586. The summed E-state index contributed by atoms with van der Waals surface area (Å²) in [4.78, 5) is 26.5. The fraction of sp³-hybridized carbons (Fsp3) is 0.143. The molecule has 112 valence electrons. The van der Waals surface area contributed by atoms with E-state index in [4.69, 9.17) is 9.47 Å². The zero-order valence-electron chi connectivity index (χ0n) is 11.3. The fourth-order valence-corrected chi connectivity index (χ4v) is 2.02. The predicted octanol–water partition coefficient (Wildman–Crippen LogP) is 2.01. The summed E-state index contributed by atoms with van der Waals surface area (Å²) in [6, 6.07) is 5.80. The first-order valence-electron chi connectivity index (χ1n) is 6.44. The van der Waals surface area contributed by atoms with Gasteiger partial charge in [0.05, 0.1) is 16.6 Å². The minimum absolute atomic E-state index is 0.0445. The van der Waals surface area contributed by atoms with Gasteiger partial charge in [-0.15, -0.1) is 0 Å². The number of carbonyl (C=O) groups is 1. The highest BCUT2D eigenvalue weighted by Crippen LogP contribution is 2.39. The van der Waals surface area contributed by atoms with Gasteiger partial charge in [0.25, 0.3) is 11.6 Å². The summed E-state index contributed by atoms with van der Waals surface area (Å²) in [5.74, 6) is 0.156. The fourth-order valence-electron chi connectivity index (χ4n) is 2.02. The summed E-state index contributed by atoms with van der Waals surface area (Å²) in [6.07, 6.45) is 2.91. The Morgan fingerprint density at radius 1 is 1.27 bits per heavy atom. The smallest absolute Gasteiger partial charge is 0.296 e. The molecule has 3 rings (SSSR count). The molecule has 1 aliphatic rings. The molecule has 0 unspecified atom stereocenters. The lowest BCUT2D eigenvalue weighted by molar-refractivity contribution is -0.384. The largest absolute Gasteiger partial charge is 0.486 e. The van der Waals surface area contributed by atoms with Crippen LogP contribution < -0.4 is 14.8 Å². The Bertz CT molecular complexity index is 733. The second-order valence-corrected chi connectivity index (χ2v) is 4.47. The first-order chi connectivity index (χ1) is 10.6. The molecule has 0 aliphatic carbocycles. The number of nitro benzene ring substituents is 1. The van der Waals surface area contributed by atoms with E-state index in [9.17, 15) is 14.9 Å². The summed E-state index contributed by atoms with van der Waals surface area (Å²) >= 11 is 0. The number of ether oxygens (including phenoxy) is 2. The van der Waals surface area contributed by atoms with Crippen molar-refractivity contribution in [1.82, 2.24) is 4.98 Å². The van der Waals surface area contributed by atoms with Crippen LogP contribution in [0.25, 0.3) is 0 Å². The first kappa shape index (κ1) is 13.8. The molecule has 1 amide bonds. The lowest BCUT2D eigenvalue weighted by Crippen LogP contribution is -2.17. The number of hydrogen-bond donors (Lipinski definition) is 1. The van der Waals surface area contributed by atoms with E-state index >= 15 is 0 Å². The van der Waals surface area contributed by atoms with E-state index in [0.717, 1.165) is 0 Å². The van der Waals surface area contributed by atoms with Gasteiger partial charge in [-0.1, -0.05) is 0 Å². The number of nitrogens with zero attached hydrogens (tertiary/aromatic N) is 2. The zero-order chi connectivity index (χ0) is 15.5. The van der Waals surface area contributed by atoms with Gasteiger partial charge in [0, 0.05) is 18.5 Å². The lowest BCUT2D eigenvalue weighted by Gasteiger charge is -2.19. The van der Waals surface area contributed by atoms with Crippen LogP contribution in [0.4, 0.5) is 11.4 Å². The van der Waals surface area contributed by atoms with E-state index in [2.05, 4.69) is 10.3 Å². The van der Waals surface area contributed by atoms with Gasteiger partial charge in [-0.05, 0) is 12.1 Å². The van der Waals surface area contributed by atoms with Crippen LogP contribution in [0.3, 0.4) is 0 Å². The molecular weight excluding hydrogens is 290 g/mol. The Morgan fingerprint density at radius 2 is 2.00 bits per heavy atom. The molecule has 1 aromatic carbocycles. The summed E-state index contributed by atoms with van der Waals surface area (Å²) in [5, 5.41) is 13.7. The van der Waals surface area contributed by atoms with E-state index in [1.807, 2.05) is 0 Å². The van der Waals surface area contributed by atoms with Crippen molar-refractivity contribution in [2.24, 2.45) is 0 Å². The summed E-state index contributed by atoms with van der Waals surface area (Å²) in [7, 11) is 0. The summed E-state index contributed by atoms with van der Waals surface area (Å²) < 4.78 is 10.7. The van der Waals surface area contributed by atoms with Crippen LogP contribution in [0.5, 0.6) is 11.5 Å². The monoisotopic (exact) mass is 301 g/mol. The highest BCUT2D eigenvalue weighted by molar-refractivity contribution is 6.05. The Morgan fingerprint density at radius 3 is 2.64 bits per heavy atom. The number of rotatable bonds is 3. The Hall–Kier alpha value is -3.16. The van der Waals surface area contributed by atoms with E-state index in [1.165, 1.54) is 24.5 Å². The number of benzene rings is 1. The van der Waals surface area contributed by atoms with Crippen molar-refractivity contribution >= 4 is 17.3 Å². The van der Waals surface area contributed by atoms with Crippen LogP contribution in [0.15, 0.2) is 36.7 Å². The molecule has 2 heterocycles. The van der Waals surface area contributed by atoms with Crippen molar-refractivity contribution in [3.05, 3.63) is 52.3 Å². The van der Waals surface area contributed by atoms with E-state index in [-0.39, 0.29) is 17.1 Å². The van der Waals surface area contributed by atoms with Gasteiger partial charge in [0.15, 0.2) is 11.5 Å². The normalized spacial score (nSPS) is 12.5. The maximum Gasteiger partial charge on any atom is 0.296 e. The van der Waals surface area contributed by atoms with E-state index in [1.54, 1.807) is 12.1 Å². The summed E-state index contributed by atoms with van der Waals surface area (Å²) in [6.45, 7) is 0.673. The SMILES string of the molecule is O=C(Nc1cc2c(cc1[N+](=O)[O-])OCCO2)c1cccnc1.